The number of nitrogens with one attached hydrogen (secondary N) is 2. The topological polar surface area (TPSA) is 54.0 Å². The molecule has 1 saturated carbocycles. The van der Waals surface area contributed by atoms with Crippen molar-refractivity contribution in [3.05, 3.63) is 59.5 Å². The molecule has 4 rings (SSSR count). The van der Waals surface area contributed by atoms with Crippen molar-refractivity contribution in [3.63, 3.8) is 0 Å². The predicted octanol–water partition coefficient (Wildman–Crippen LogP) is 6.77. The quantitative estimate of drug-likeness (QED) is 0.456. The molecule has 1 aliphatic rings. The normalized spacial score (nSPS) is 14.1. The van der Waals surface area contributed by atoms with Crippen LogP contribution in [0.5, 0.6) is 0 Å². The van der Waals surface area contributed by atoms with Crippen LogP contribution in [0.3, 0.4) is 0 Å². The van der Waals surface area contributed by atoms with E-state index in [1.54, 1.807) is 11.3 Å². The fourth-order valence-electron chi connectivity index (χ4n) is 3.91. The van der Waals surface area contributed by atoms with Gasteiger partial charge >= 0.3 is 0 Å². The number of anilines is 3. The number of thiazole rings is 1. The maximum Gasteiger partial charge on any atom is 0.224 e. The van der Waals surface area contributed by atoms with Gasteiger partial charge in [0.25, 0.3) is 0 Å². The molecular weight excluding hydrogens is 378 g/mol. The van der Waals surface area contributed by atoms with Gasteiger partial charge in [-0.05, 0) is 43.0 Å². The van der Waals surface area contributed by atoms with E-state index in [0.29, 0.717) is 6.42 Å². The second-order valence-corrected chi connectivity index (χ2v) is 8.65. The molecule has 2 aromatic carbocycles. The Morgan fingerprint density at radius 3 is 2.79 bits per heavy atom. The van der Waals surface area contributed by atoms with Crippen LogP contribution in [0.25, 0.3) is 11.3 Å². The molecule has 4 nitrogen and oxygen atoms in total. The zero-order chi connectivity index (χ0) is 20.1. The minimum atomic E-state index is 0.106. The number of hydrogen-bond donors (Lipinski definition) is 2. The van der Waals surface area contributed by atoms with Crippen molar-refractivity contribution >= 4 is 33.8 Å². The number of nitrogens with zero attached hydrogens (tertiary/aromatic N) is 1. The standard InChI is InChI=1S/C24H27N3OS/c1-17-7-2-5-12-21(17)26-24-27-22(16-29-24)19-10-6-11-20(15-19)25-23(28)14-13-18-8-3-4-9-18/h2,5-7,10-12,15-16,18H,3-4,8-9,13-14H2,1H3,(H,25,28)(H,26,27). The molecule has 1 aliphatic carbocycles. The van der Waals surface area contributed by atoms with Crippen molar-refractivity contribution in [1.82, 2.24) is 4.98 Å². The van der Waals surface area contributed by atoms with E-state index in [1.165, 1.54) is 31.2 Å². The Bertz CT molecular complexity index is 976. The van der Waals surface area contributed by atoms with Crippen LogP contribution in [0.2, 0.25) is 0 Å². The zero-order valence-electron chi connectivity index (χ0n) is 16.8. The molecule has 0 saturated heterocycles. The zero-order valence-corrected chi connectivity index (χ0v) is 17.6. The average Bonchev–Trinajstić information content (AvgIpc) is 3.41. The number of rotatable bonds is 7. The molecule has 0 radical (unpaired) electrons. The van der Waals surface area contributed by atoms with Crippen molar-refractivity contribution in [2.75, 3.05) is 10.6 Å². The summed E-state index contributed by atoms with van der Waals surface area (Å²) in [7, 11) is 0. The lowest BCUT2D eigenvalue weighted by molar-refractivity contribution is -0.116. The molecule has 0 aliphatic heterocycles. The Morgan fingerprint density at radius 1 is 1.14 bits per heavy atom. The first kappa shape index (κ1) is 19.6. The number of carbonyl (C=O) groups is 1. The molecule has 2 N–H and O–H groups in total. The van der Waals surface area contributed by atoms with E-state index in [4.69, 9.17) is 4.98 Å². The van der Waals surface area contributed by atoms with Crippen molar-refractivity contribution in [2.24, 2.45) is 5.92 Å². The lowest BCUT2D eigenvalue weighted by Gasteiger charge is -2.10. The summed E-state index contributed by atoms with van der Waals surface area (Å²) in [5, 5.41) is 9.35. The lowest BCUT2D eigenvalue weighted by atomic mass is 10.0. The van der Waals surface area contributed by atoms with Gasteiger partial charge in [-0.1, -0.05) is 56.0 Å². The van der Waals surface area contributed by atoms with Crippen LogP contribution < -0.4 is 10.6 Å². The van der Waals surface area contributed by atoms with Gasteiger partial charge in [-0.25, -0.2) is 4.98 Å². The molecule has 0 spiro atoms. The van der Waals surface area contributed by atoms with E-state index in [9.17, 15) is 4.79 Å². The third-order valence-corrected chi connectivity index (χ3v) is 6.35. The van der Waals surface area contributed by atoms with E-state index in [-0.39, 0.29) is 5.91 Å². The molecule has 1 heterocycles. The second kappa shape index (κ2) is 9.23. The molecule has 29 heavy (non-hydrogen) atoms. The van der Waals surface area contributed by atoms with Gasteiger partial charge in [-0.15, -0.1) is 11.3 Å². The van der Waals surface area contributed by atoms with Crippen molar-refractivity contribution in [3.8, 4) is 11.3 Å². The minimum absolute atomic E-state index is 0.106. The first-order chi connectivity index (χ1) is 14.2. The summed E-state index contributed by atoms with van der Waals surface area (Å²) in [6.07, 6.45) is 6.82. The summed E-state index contributed by atoms with van der Waals surface area (Å²) >= 11 is 1.58. The molecule has 1 aromatic heterocycles. The van der Waals surface area contributed by atoms with Gasteiger partial charge in [-0.2, -0.15) is 0 Å². The third-order valence-electron chi connectivity index (χ3n) is 5.59. The number of aromatic nitrogens is 1. The van der Waals surface area contributed by atoms with Crippen LogP contribution in [0.1, 0.15) is 44.1 Å². The summed E-state index contributed by atoms with van der Waals surface area (Å²) in [5.41, 5.74) is 5.00. The highest BCUT2D eigenvalue weighted by atomic mass is 32.1. The highest BCUT2D eigenvalue weighted by molar-refractivity contribution is 7.14. The van der Waals surface area contributed by atoms with E-state index >= 15 is 0 Å². The molecule has 3 aromatic rings. The van der Waals surface area contributed by atoms with Gasteiger partial charge in [-0.3, -0.25) is 4.79 Å². The van der Waals surface area contributed by atoms with E-state index < -0.39 is 0 Å². The number of amides is 1. The summed E-state index contributed by atoms with van der Waals surface area (Å²) < 4.78 is 0. The number of carbonyl (C=O) groups excluding carboxylic acids is 1. The summed E-state index contributed by atoms with van der Waals surface area (Å²) in [4.78, 5) is 17.0. The smallest absolute Gasteiger partial charge is 0.224 e. The molecule has 0 unspecified atom stereocenters. The maximum absolute atomic E-state index is 12.3. The Morgan fingerprint density at radius 2 is 1.97 bits per heavy atom. The van der Waals surface area contributed by atoms with Crippen LogP contribution in [0.15, 0.2) is 53.9 Å². The maximum atomic E-state index is 12.3. The van der Waals surface area contributed by atoms with Crippen molar-refractivity contribution in [2.45, 2.75) is 45.4 Å². The van der Waals surface area contributed by atoms with E-state index in [2.05, 4.69) is 29.7 Å². The van der Waals surface area contributed by atoms with Gasteiger partial charge in [0.05, 0.1) is 5.69 Å². The lowest BCUT2D eigenvalue weighted by Crippen LogP contribution is -2.12. The molecule has 1 fully saturated rings. The Hall–Kier alpha value is -2.66. The number of benzene rings is 2. The Balaban J connectivity index is 1.39. The third kappa shape index (κ3) is 5.24. The summed E-state index contributed by atoms with van der Waals surface area (Å²) in [6.45, 7) is 2.08. The number of hydrogen-bond acceptors (Lipinski definition) is 4. The molecule has 5 heteroatoms. The van der Waals surface area contributed by atoms with E-state index in [1.807, 2.05) is 41.8 Å². The monoisotopic (exact) mass is 405 g/mol. The van der Waals surface area contributed by atoms with Crippen molar-refractivity contribution in [1.29, 1.82) is 0 Å². The van der Waals surface area contributed by atoms with Gasteiger partial charge in [0.1, 0.15) is 0 Å². The van der Waals surface area contributed by atoms with Gasteiger partial charge in [0.15, 0.2) is 5.13 Å². The minimum Gasteiger partial charge on any atom is -0.331 e. The fraction of sp³-hybridized carbons (Fsp3) is 0.333. The van der Waals surface area contributed by atoms with Crippen molar-refractivity contribution < 1.29 is 4.79 Å². The van der Waals surface area contributed by atoms with Gasteiger partial charge in [0, 0.05) is 28.7 Å². The molecular formula is C24H27N3OS. The first-order valence-electron chi connectivity index (χ1n) is 10.4. The van der Waals surface area contributed by atoms with Gasteiger partial charge in [0.2, 0.25) is 5.91 Å². The SMILES string of the molecule is Cc1ccccc1Nc1nc(-c2cccc(NC(=O)CCC3CCCC3)c2)cs1. The molecule has 1 amide bonds. The highest BCUT2D eigenvalue weighted by Crippen LogP contribution is 2.30. The fourth-order valence-corrected chi connectivity index (χ4v) is 4.64. The van der Waals surface area contributed by atoms with Crippen LogP contribution in [-0.2, 0) is 4.79 Å². The van der Waals surface area contributed by atoms with Crippen LogP contribution in [-0.4, -0.2) is 10.9 Å². The Labute approximate surface area is 176 Å². The molecule has 150 valence electrons. The average molecular weight is 406 g/mol. The molecule has 0 bridgehead atoms. The van der Waals surface area contributed by atoms with Gasteiger partial charge < -0.3 is 10.6 Å². The number of para-hydroxylation sites is 1. The molecule has 0 atom stereocenters. The number of aryl methyl sites for hydroxylation is 1. The largest absolute Gasteiger partial charge is 0.331 e. The Kier molecular flexibility index (Phi) is 6.25. The highest BCUT2D eigenvalue weighted by Gasteiger charge is 2.16. The predicted molar refractivity (Wildman–Crippen MR) is 122 cm³/mol. The summed E-state index contributed by atoms with van der Waals surface area (Å²) in [5.74, 6) is 0.843. The second-order valence-electron chi connectivity index (χ2n) is 7.80. The van der Waals surface area contributed by atoms with Crippen LogP contribution in [0, 0.1) is 12.8 Å². The van der Waals surface area contributed by atoms with Crippen LogP contribution >= 0.6 is 11.3 Å². The van der Waals surface area contributed by atoms with E-state index in [0.717, 1.165) is 40.1 Å². The summed E-state index contributed by atoms with van der Waals surface area (Å²) in [6, 6.07) is 16.1. The van der Waals surface area contributed by atoms with Crippen LogP contribution in [0.4, 0.5) is 16.5 Å². The first-order valence-corrected chi connectivity index (χ1v) is 11.2.